The smallest absolute Gasteiger partial charge is 0.237 e. The number of methoxy groups -OCH3 is 1. The predicted molar refractivity (Wildman–Crippen MR) is 66.5 cm³/mol. The van der Waals surface area contributed by atoms with Gasteiger partial charge in [0.25, 0.3) is 0 Å². The minimum atomic E-state index is -0.503. The van der Waals surface area contributed by atoms with E-state index in [4.69, 9.17) is 10.5 Å². The molecular weight excluding hydrogens is 218 g/mol. The van der Waals surface area contributed by atoms with Crippen molar-refractivity contribution in [2.45, 2.75) is 25.9 Å². The van der Waals surface area contributed by atoms with E-state index in [1.165, 1.54) is 0 Å². The molecule has 5 nitrogen and oxygen atoms in total. The Morgan fingerprint density at radius 3 is 2.82 bits per heavy atom. The molecule has 96 valence electrons. The van der Waals surface area contributed by atoms with E-state index < -0.39 is 6.04 Å². The molecule has 0 saturated carbocycles. The third kappa shape index (κ3) is 3.87. The lowest BCUT2D eigenvalue weighted by Gasteiger charge is -2.12. The average Bonchev–Trinajstić information content (AvgIpc) is 2.64. The third-order valence-electron chi connectivity index (χ3n) is 2.89. The van der Waals surface area contributed by atoms with Crippen LogP contribution in [0.2, 0.25) is 0 Å². The van der Waals surface area contributed by atoms with Crippen LogP contribution < -0.4 is 11.1 Å². The maximum atomic E-state index is 11.6. The van der Waals surface area contributed by atoms with E-state index in [1.54, 1.807) is 7.11 Å². The SMILES string of the molecule is COCCC(N)C(=O)NCc1ccc(C)n1C. The summed E-state index contributed by atoms with van der Waals surface area (Å²) in [7, 11) is 3.57. The van der Waals surface area contributed by atoms with Crippen molar-refractivity contribution < 1.29 is 9.53 Å². The first kappa shape index (κ1) is 13.7. The van der Waals surface area contributed by atoms with Crippen LogP contribution in [0.5, 0.6) is 0 Å². The molecule has 1 amide bonds. The van der Waals surface area contributed by atoms with E-state index in [0.29, 0.717) is 19.6 Å². The fourth-order valence-electron chi connectivity index (χ4n) is 1.53. The number of aryl methyl sites for hydroxylation is 1. The summed E-state index contributed by atoms with van der Waals surface area (Å²) >= 11 is 0. The highest BCUT2D eigenvalue weighted by Gasteiger charge is 2.13. The molecule has 3 N–H and O–H groups in total. The monoisotopic (exact) mass is 239 g/mol. The van der Waals surface area contributed by atoms with Gasteiger partial charge >= 0.3 is 0 Å². The van der Waals surface area contributed by atoms with Gasteiger partial charge in [-0.2, -0.15) is 0 Å². The number of carbonyl (C=O) groups excluding carboxylic acids is 1. The molecule has 5 heteroatoms. The van der Waals surface area contributed by atoms with Gasteiger partial charge in [0.05, 0.1) is 12.6 Å². The summed E-state index contributed by atoms with van der Waals surface area (Å²) < 4.78 is 6.93. The second-order valence-corrected chi connectivity index (χ2v) is 4.13. The van der Waals surface area contributed by atoms with Crippen molar-refractivity contribution in [2.24, 2.45) is 12.8 Å². The van der Waals surface area contributed by atoms with Crippen molar-refractivity contribution in [3.8, 4) is 0 Å². The summed E-state index contributed by atoms with van der Waals surface area (Å²) in [5, 5.41) is 2.82. The number of nitrogens with zero attached hydrogens (tertiary/aromatic N) is 1. The second kappa shape index (κ2) is 6.42. The highest BCUT2D eigenvalue weighted by atomic mass is 16.5. The van der Waals surface area contributed by atoms with E-state index >= 15 is 0 Å². The summed E-state index contributed by atoms with van der Waals surface area (Å²) in [5.74, 6) is -0.138. The summed E-state index contributed by atoms with van der Waals surface area (Å²) in [6, 6.07) is 3.51. The Labute approximate surface area is 102 Å². The van der Waals surface area contributed by atoms with Crippen molar-refractivity contribution in [3.63, 3.8) is 0 Å². The van der Waals surface area contributed by atoms with Gasteiger partial charge in [0.2, 0.25) is 5.91 Å². The van der Waals surface area contributed by atoms with Gasteiger partial charge in [0.15, 0.2) is 0 Å². The molecule has 0 spiro atoms. The summed E-state index contributed by atoms with van der Waals surface area (Å²) in [6.45, 7) is 3.03. The van der Waals surface area contributed by atoms with E-state index in [1.807, 2.05) is 30.7 Å². The Balaban J connectivity index is 2.40. The molecule has 0 radical (unpaired) electrons. The molecule has 0 saturated heterocycles. The van der Waals surface area contributed by atoms with Crippen LogP contribution in [-0.4, -0.2) is 30.2 Å². The number of amides is 1. The maximum Gasteiger partial charge on any atom is 0.237 e. The number of rotatable bonds is 6. The lowest BCUT2D eigenvalue weighted by Crippen LogP contribution is -2.41. The molecule has 1 rings (SSSR count). The number of hydrogen-bond acceptors (Lipinski definition) is 3. The number of nitrogens with one attached hydrogen (secondary N) is 1. The Kier molecular flexibility index (Phi) is 5.18. The van der Waals surface area contributed by atoms with Crippen LogP contribution in [0.4, 0.5) is 0 Å². The molecule has 1 heterocycles. The quantitative estimate of drug-likeness (QED) is 0.751. The van der Waals surface area contributed by atoms with Gasteiger partial charge < -0.3 is 20.4 Å². The van der Waals surface area contributed by atoms with Crippen LogP contribution in [0.25, 0.3) is 0 Å². The van der Waals surface area contributed by atoms with Gasteiger partial charge in [-0.15, -0.1) is 0 Å². The Bertz CT molecular complexity index is 374. The molecule has 0 aliphatic rings. The van der Waals surface area contributed by atoms with Crippen molar-refractivity contribution in [2.75, 3.05) is 13.7 Å². The fourth-order valence-corrected chi connectivity index (χ4v) is 1.53. The van der Waals surface area contributed by atoms with Crippen LogP contribution in [0.3, 0.4) is 0 Å². The molecule has 0 aliphatic heterocycles. The minimum absolute atomic E-state index is 0.138. The Morgan fingerprint density at radius 1 is 1.59 bits per heavy atom. The zero-order valence-corrected chi connectivity index (χ0v) is 10.7. The van der Waals surface area contributed by atoms with E-state index in [-0.39, 0.29) is 5.91 Å². The van der Waals surface area contributed by atoms with Crippen LogP contribution in [0.15, 0.2) is 12.1 Å². The molecule has 0 bridgehead atoms. The first-order valence-corrected chi connectivity index (χ1v) is 5.69. The van der Waals surface area contributed by atoms with E-state index in [0.717, 1.165) is 11.4 Å². The molecular formula is C12H21N3O2. The predicted octanol–water partition coefficient (Wildman–Crippen LogP) is 0.314. The van der Waals surface area contributed by atoms with Gasteiger partial charge in [-0.25, -0.2) is 0 Å². The number of carbonyl (C=O) groups is 1. The molecule has 0 aliphatic carbocycles. The second-order valence-electron chi connectivity index (χ2n) is 4.13. The highest BCUT2D eigenvalue weighted by Crippen LogP contribution is 2.05. The lowest BCUT2D eigenvalue weighted by atomic mass is 10.2. The Hall–Kier alpha value is -1.33. The lowest BCUT2D eigenvalue weighted by molar-refractivity contribution is -0.122. The van der Waals surface area contributed by atoms with Crippen molar-refractivity contribution in [3.05, 3.63) is 23.5 Å². The minimum Gasteiger partial charge on any atom is -0.385 e. The summed E-state index contributed by atoms with van der Waals surface area (Å²) in [6.07, 6.45) is 0.536. The van der Waals surface area contributed by atoms with Crippen molar-refractivity contribution in [1.29, 1.82) is 0 Å². The summed E-state index contributed by atoms with van der Waals surface area (Å²) in [5.41, 5.74) is 7.94. The summed E-state index contributed by atoms with van der Waals surface area (Å²) in [4.78, 5) is 11.6. The number of nitrogens with two attached hydrogens (primary N) is 1. The standard InChI is InChI=1S/C12H21N3O2/c1-9-4-5-10(15(9)2)8-14-12(16)11(13)6-7-17-3/h4-5,11H,6-8,13H2,1-3H3,(H,14,16). The third-order valence-corrected chi connectivity index (χ3v) is 2.89. The van der Waals surface area contributed by atoms with E-state index in [2.05, 4.69) is 5.32 Å². The average molecular weight is 239 g/mol. The van der Waals surface area contributed by atoms with Crippen LogP contribution in [-0.2, 0) is 23.1 Å². The molecule has 17 heavy (non-hydrogen) atoms. The number of aromatic nitrogens is 1. The molecule has 1 atom stereocenters. The fraction of sp³-hybridized carbons (Fsp3) is 0.583. The van der Waals surface area contributed by atoms with Gasteiger partial charge in [-0.3, -0.25) is 4.79 Å². The van der Waals surface area contributed by atoms with Crippen molar-refractivity contribution >= 4 is 5.91 Å². The molecule has 1 aromatic rings. The van der Waals surface area contributed by atoms with Crippen LogP contribution in [0, 0.1) is 6.92 Å². The van der Waals surface area contributed by atoms with E-state index in [9.17, 15) is 4.79 Å². The molecule has 0 fully saturated rings. The van der Waals surface area contributed by atoms with Gasteiger partial charge in [0.1, 0.15) is 0 Å². The molecule has 1 aromatic heterocycles. The van der Waals surface area contributed by atoms with Gasteiger partial charge in [-0.1, -0.05) is 0 Å². The topological polar surface area (TPSA) is 69.3 Å². The van der Waals surface area contributed by atoms with Crippen LogP contribution in [0.1, 0.15) is 17.8 Å². The first-order valence-electron chi connectivity index (χ1n) is 5.69. The largest absolute Gasteiger partial charge is 0.385 e. The number of hydrogen-bond donors (Lipinski definition) is 2. The van der Waals surface area contributed by atoms with Crippen molar-refractivity contribution in [1.82, 2.24) is 9.88 Å². The maximum absolute atomic E-state index is 11.6. The van der Waals surface area contributed by atoms with Crippen LogP contribution >= 0.6 is 0 Å². The normalized spacial score (nSPS) is 12.5. The number of ether oxygens (including phenoxy) is 1. The first-order chi connectivity index (χ1) is 8.06. The zero-order chi connectivity index (χ0) is 12.8. The molecule has 0 aromatic carbocycles. The van der Waals surface area contributed by atoms with Gasteiger partial charge in [0, 0.05) is 32.2 Å². The molecule has 1 unspecified atom stereocenters. The highest BCUT2D eigenvalue weighted by molar-refractivity contribution is 5.81. The van der Waals surface area contributed by atoms with Gasteiger partial charge in [-0.05, 0) is 25.5 Å². The Morgan fingerprint density at radius 2 is 2.29 bits per heavy atom. The zero-order valence-electron chi connectivity index (χ0n) is 10.7.